The van der Waals surface area contributed by atoms with Crippen LogP contribution in [0.2, 0.25) is 0 Å². The van der Waals surface area contributed by atoms with Crippen molar-refractivity contribution in [3.8, 4) is 18.1 Å². The molecule has 2 saturated carbocycles. The van der Waals surface area contributed by atoms with E-state index in [4.69, 9.17) is 16.4 Å². The van der Waals surface area contributed by atoms with Crippen LogP contribution in [0.25, 0.3) is 0 Å². The minimum Gasteiger partial charge on any atom is -0.508 e. The zero-order valence-electron chi connectivity index (χ0n) is 15.9. The summed E-state index contributed by atoms with van der Waals surface area (Å²) in [4.78, 5) is 15.8. The molecule has 3 aliphatic rings. The van der Waals surface area contributed by atoms with Crippen LogP contribution in [0.3, 0.4) is 0 Å². The second-order valence-electron chi connectivity index (χ2n) is 8.56. The van der Waals surface area contributed by atoms with E-state index in [2.05, 4.69) is 18.0 Å². The van der Waals surface area contributed by atoms with Gasteiger partial charge in [-0.15, -0.1) is 6.42 Å². The van der Waals surface area contributed by atoms with E-state index in [9.17, 15) is 15.0 Å². The maximum Gasteiger partial charge on any atom is 0.344 e. The third-order valence-corrected chi connectivity index (χ3v) is 7.37. The zero-order chi connectivity index (χ0) is 20.1. The third kappa shape index (κ3) is 2.68. The summed E-state index contributed by atoms with van der Waals surface area (Å²) in [5, 5.41) is 34.0. The monoisotopic (exact) mass is 383 g/mol. The molecule has 0 saturated heterocycles. The molecule has 2 fully saturated rings. The van der Waals surface area contributed by atoms with E-state index in [1.165, 1.54) is 0 Å². The topological polar surface area (TPSA) is 99.4 Å². The van der Waals surface area contributed by atoms with E-state index in [1.807, 2.05) is 6.07 Å². The van der Waals surface area contributed by atoms with Gasteiger partial charge in [-0.05, 0) is 67.6 Å². The third-order valence-electron chi connectivity index (χ3n) is 7.37. The van der Waals surface area contributed by atoms with E-state index in [0.717, 1.165) is 30.4 Å². The van der Waals surface area contributed by atoms with E-state index >= 15 is 0 Å². The average Bonchev–Trinajstić information content (AvgIpc) is 2.93. The van der Waals surface area contributed by atoms with Crippen molar-refractivity contribution >= 4 is 11.7 Å². The van der Waals surface area contributed by atoms with Gasteiger partial charge in [0.15, 0.2) is 0 Å². The number of carboxylic acid groups (broad SMARTS) is 1. The highest BCUT2D eigenvalue weighted by Gasteiger charge is 2.61. The Balaban J connectivity index is 1.74. The van der Waals surface area contributed by atoms with E-state index in [0.29, 0.717) is 24.5 Å². The molecule has 6 nitrogen and oxygen atoms in total. The lowest BCUT2D eigenvalue weighted by atomic mass is 9.53. The van der Waals surface area contributed by atoms with E-state index < -0.39 is 18.2 Å². The van der Waals surface area contributed by atoms with Gasteiger partial charge in [0.2, 0.25) is 6.61 Å². The molecule has 3 N–H and O–H groups in total. The highest BCUT2D eigenvalue weighted by atomic mass is 16.6. The number of nitrogens with zero attached hydrogens (tertiary/aromatic N) is 1. The first-order chi connectivity index (χ1) is 13.3. The quantitative estimate of drug-likeness (QED) is 0.551. The minimum absolute atomic E-state index is 0.145. The molecule has 0 radical (unpaired) electrons. The molecular formula is C22H25NO5. The number of hydrogen-bond acceptors (Lipinski definition) is 5. The Morgan fingerprint density at radius 1 is 1.39 bits per heavy atom. The van der Waals surface area contributed by atoms with Crippen molar-refractivity contribution in [1.82, 2.24) is 0 Å². The summed E-state index contributed by atoms with van der Waals surface area (Å²) in [5.74, 6) is 2.51. The number of phenolic OH excluding ortho intramolecular Hbond substituents is 1. The lowest BCUT2D eigenvalue weighted by Crippen LogP contribution is -2.50. The van der Waals surface area contributed by atoms with Crippen molar-refractivity contribution < 1.29 is 25.0 Å². The van der Waals surface area contributed by atoms with Crippen LogP contribution in [0.4, 0.5) is 0 Å². The molecular weight excluding hydrogens is 358 g/mol. The molecule has 0 aromatic heterocycles. The lowest BCUT2D eigenvalue weighted by molar-refractivity contribution is -0.142. The molecule has 0 amide bonds. The van der Waals surface area contributed by atoms with Crippen LogP contribution in [0.5, 0.6) is 5.75 Å². The fourth-order valence-corrected chi connectivity index (χ4v) is 5.91. The van der Waals surface area contributed by atoms with Crippen molar-refractivity contribution in [2.75, 3.05) is 6.61 Å². The summed E-state index contributed by atoms with van der Waals surface area (Å²) < 4.78 is 0. The number of fused-ring (bicyclic) bond motifs is 5. The second kappa shape index (κ2) is 6.52. The first-order valence-electron chi connectivity index (χ1n) is 9.73. The lowest BCUT2D eigenvalue weighted by Gasteiger charge is -2.52. The normalized spacial score (nSPS) is 37.5. The van der Waals surface area contributed by atoms with Gasteiger partial charge in [-0.3, -0.25) is 0 Å². The predicted octanol–water partition coefficient (Wildman–Crippen LogP) is 2.88. The molecule has 6 heteroatoms. The Bertz CT molecular complexity index is 887. The fourth-order valence-electron chi connectivity index (χ4n) is 5.91. The van der Waals surface area contributed by atoms with Crippen LogP contribution in [0.1, 0.15) is 56.1 Å². The highest BCUT2D eigenvalue weighted by molar-refractivity contribution is 6.03. The van der Waals surface area contributed by atoms with Crippen LogP contribution in [0.15, 0.2) is 23.4 Å². The first-order valence-corrected chi connectivity index (χ1v) is 9.73. The Morgan fingerprint density at radius 3 is 2.89 bits per heavy atom. The molecule has 3 aliphatic carbocycles. The molecule has 148 valence electrons. The Labute approximate surface area is 164 Å². The van der Waals surface area contributed by atoms with Gasteiger partial charge >= 0.3 is 5.97 Å². The summed E-state index contributed by atoms with van der Waals surface area (Å²) in [5.41, 5.74) is 1.14. The summed E-state index contributed by atoms with van der Waals surface area (Å²) in [6.07, 6.45) is 9.53. The number of phenols is 1. The first kappa shape index (κ1) is 18.8. The van der Waals surface area contributed by atoms with Gasteiger partial charge in [-0.2, -0.15) is 0 Å². The van der Waals surface area contributed by atoms with Gasteiger partial charge < -0.3 is 20.2 Å². The number of carbonyl (C=O) groups is 1. The molecule has 28 heavy (non-hydrogen) atoms. The van der Waals surface area contributed by atoms with Gasteiger partial charge in [0, 0.05) is 11.0 Å². The molecule has 0 bridgehead atoms. The number of hydrogen-bond donors (Lipinski definition) is 3. The minimum atomic E-state index is -1.09. The number of benzene rings is 1. The van der Waals surface area contributed by atoms with Crippen LogP contribution >= 0.6 is 0 Å². The molecule has 5 atom stereocenters. The van der Waals surface area contributed by atoms with Crippen LogP contribution < -0.4 is 0 Å². The van der Waals surface area contributed by atoms with Gasteiger partial charge in [-0.1, -0.05) is 24.1 Å². The van der Waals surface area contributed by atoms with Gasteiger partial charge in [0.1, 0.15) is 11.4 Å². The average molecular weight is 383 g/mol. The molecule has 0 aliphatic heterocycles. The molecule has 0 spiro atoms. The van der Waals surface area contributed by atoms with Crippen molar-refractivity contribution in [3.05, 3.63) is 29.3 Å². The second-order valence-corrected chi connectivity index (χ2v) is 8.56. The number of aromatic hydroxyl groups is 1. The molecule has 0 heterocycles. The molecule has 0 unspecified atom stereocenters. The van der Waals surface area contributed by atoms with Crippen molar-refractivity contribution in [3.63, 3.8) is 0 Å². The molecule has 1 aromatic carbocycles. The highest BCUT2D eigenvalue weighted by Crippen LogP contribution is 2.64. The number of oxime groups is 1. The standard InChI is InChI=1S/C22H25NO5/c1-3-22(27)9-7-18-16-11-19(23-28-12-20(25)26)17-10-13(24)4-5-14(17)15(16)6-8-21(18,22)2/h1,4-5,10,15-16,18,24,27H,6-9,11-12H2,2H3,(H,25,26)/b23-19+/t15-,16-,18+,21+,22+/m1/s1. The van der Waals surface area contributed by atoms with Gasteiger partial charge in [-0.25, -0.2) is 4.79 Å². The molecule has 1 aromatic rings. The SMILES string of the molecule is C#C[C@]1(O)CC[C@H]2[C@@H]3C/C(=N\OCC(=O)O)c4cc(O)ccc4[C@H]3CC[C@@]21C. The van der Waals surface area contributed by atoms with Crippen LogP contribution in [0, 0.1) is 29.6 Å². The number of aliphatic hydroxyl groups is 1. The number of terminal acetylenes is 1. The summed E-state index contributed by atoms with van der Waals surface area (Å²) >= 11 is 0. The van der Waals surface area contributed by atoms with Crippen molar-refractivity contribution in [2.45, 2.75) is 50.5 Å². The summed E-state index contributed by atoms with van der Waals surface area (Å²) in [6, 6.07) is 5.28. The largest absolute Gasteiger partial charge is 0.508 e. The Kier molecular flexibility index (Phi) is 4.39. The van der Waals surface area contributed by atoms with Crippen LogP contribution in [-0.4, -0.2) is 39.2 Å². The smallest absolute Gasteiger partial charge is 0.344 e. The summed E-state index contributed by atoms with van der Waals surface area (Å²) in [7, 11) is 0. The van der Waals surface area contributed by atoms with E-state index in [1.54, 1.807) is 12.1 Å². The van der Waals surface area contributed by atoms with Gasteiger partial charge in [0.25, 0.3) is 0 Å². The fraction of sp³-hybridized carbons (Fsp3) is 0.545. The Hall–Kier alpha value is -2.52. The predicted molar refractivity (Wildman–Crippen MR) is 103 cm³/mol. The summed E-state index contributed by atoms with van der Waals surface area (Å²) in [6.45, 7) is 1.59. The van der Waals surface area contributed by atoms with Crippen LogP contribution in [-0.2, 0) is 9.63 Å². The van der Waals surface area contributed by atoms with E-state index in [-0.39, 0.29) is 23.0 Å². The van der Waals surface area contributed by atoms with Gasteiger partial charge in [0.05, 0.1) is 5.71 Å². The number of carboxylic acids is 1. The number of aliphatic carboxylic acids is 1. The zero-order valence-corrected chi connectivity index (χ0v) is 15.9. The maximum atomic E-state index is 11.1. The Morgan fingerprint density at radius 2 is 2.18 bits per heavy atom. The maximum absolute atomic E-state index is 11.1. The van der Waals surface area contributed by atoms with Crippen molar-refractivity contribution in [2.24, 2.45) is 22.4 Å². The van der Waals surface area contributed by atoms with Crippen molar-refractivity contribution in [1.29, 1.82) is 0 Å². The molecule has 4 rings (SSSR count). The number of rotatable bonds is 3.